The Balaban J connectivity index is 2.46. The van der Waals surface area contributed by atoms with Crippen LogP contribution in [0.25, 0.3) is 0 Å². The number of nitrogens with zero attached hydrogens (tertiary/aromatic N) is 3. The summed E-state index contributed by atoms with van der Waals surface area (Å²) in [6.07, 6.45) is 2.02. The van der Waals surface area contributed by atoms with Crippen LogP contribution in [0.1, 0.15) is 25.1 Å². The van der Waals surface area contributed by atoms with E-state index >= 15 is 0 Å². The first-order valence-electron chi connectivity index (χ1n) is 5.69. The lowest BCUT2D eigenvalue weighted by Crippen LogP contribution is -2.25. The number of anilines is 1. The molecule has 0 saturated heterocycles. The standard InChI is InChI=1S/C11H18N4S/c1-4-15(5-2)10-8-6-12-7-9(8)13-11(14-10)16-3/h12H,4-7H2,1-3H3. The summed E-state index contributed by atoms with van der Waals surface area (Å²) in [7, 11) is 0. The third-order valence-corrected chi connectivity index (χ3v) is 3.44. The van der Waals surface area contributed by atoms with Gasteiger partial charge in [0.2, 0.25) is 0 Å². The molecule has 0 atom stereocenters. The Morgan fingerprint density at radius 1 is 1.25 bits per heavy atom. The van der Waals surface area contributed by atoms with E-state index in [0.717, 1.165) is 37.2 Å². The number of hydrogen-bond donors (Lipinski definition) is 1. The number of aromatic nitrogens is 2. The summed E-state index contributed by atoms with van der Waals surface area (Å²) in [4.78, 5) is 11.5. The highest BCUT2D eigenvalue weighted by Gasteiger charge is 2.21. The van der Waals surface area contributed by atoms with Crippen LogP contribution in [0.15, 0.2) is 5.16 Å². The number of hydrogen-bond acceptors (Lipinski definition) is 5. The molecular formula is C11H18N4S. The van der Waals surface area contributed by atoms with Crippen molar-refractivity contribution < 1.29 is 0 Å². The van der Waals surface area contributed by atoms with E-state index in [0.29, 0.717) is 0 Å². The van der Waals surface area contributed by atoms with Crippen LogP contribution in [0.2, 0.25) is 0 Å². The average Bonchev–Trinajstić information content (AvgIpc) is 2.78. The lowest BCUT2D eigenvalue weighted by molar-refractivity contribution is 0.753. The lowest BCUT2D eigenvalue weighted by atomic mass is 10.2. The van der Waals surface area contributed by atoms with Gasteiger partial charge in [0.05, 0.1) is 5.69 Å². The average molecular weight is 238 g/mol. The fourth-order valence-corrected chi connectivity index (χ4v) is 2.38. The molecule has 1 aliphatic rings. The van der Waals surface area contributed by atoms with Gasteiger partial charge >= 0.3 is 0 Å². The maximum absolute atomic E-state index is 4.64. The second-order valence-electron chi connectivity index (χ2n) is 3.74. The summed E-state index contributed by atoms with van der Waals surface area (Å²) < 4.78 is 0. The summed E-state index contributed by atoms with van der Waals surface area (Å²) >= 11 is 1.61. The van der Waals surface area contributed by atoms with Crippen molar-refractivity contribution in [3.05, 3.63) is 11.3 Å². The Bertz CT molecular complexity index is 376. The monoisotopic (exact) mass is 238 g/mol. The van der Waals surface area contributed by atoms with Gasteiger partial charge in [-0.15, -0.1) is 0 Å². The largest absolute Gasteiger partial charge is 0.357 e. The maximum Gasteiger partial charge on any atom is 0.189 e. The molecule has 1 aromatic rings. The minimum atomic E-state index is 0.875. The minimum Gasteiger partial charge on any atom is -0.357 e. The minimum absolute atomic E-state index is 0.875. The Morgan fingerprint density at radius 3 is 2.62 bits per heavy atom. The molecular weight excluding hydrogens is 220 g/mol. The van der Waals surface area contributed by atoms with Gasteiger partial charge in [0, 0.05) is 31.7 Å². The zero-order valence-corrected chi connectivity index (χ0v) is 10.9. The molecule has 0 amide bonds. The smallest absolute Gasteiger partial charge is 0.189 e. The lowest BCUT2D eigenvalue weighted by Gasteiger charge is -2.22. The molecule has 1 aliphatic heterocycles. The summed E-state index contributed by atoms with van der Waals surface area (Å²) in [5, 5.41) is 4.22. The first kappa shape index (κ1) is 11.7. The van der Waals surface area contributed by atoms with Crippen LogP contribution in [0.5, 0.6) is 0 Å². The van der Waals surface area contributed by atoms with Crippen LogP contribution < -0.4 is 10.2 Å². The molecule has 5 heteroatoms. The molecule has 88 valence electrons. The predicted octanol–water partition coefficient (Wildman–Crippen LogP) is 1.65. The molecule has 0 saturated carbocycles. The molecule has 0 bridgehead atoms. The van der Waals surface area contributed by atoms with Crippen LogP contribution in [-0.4, -0.2) is 29.3 Å². The van der Waals surface area contributed by atoms with Gasteiger partial charge < -0.3 is 10.2 Å². The Hall–Kier alpha value is -0.810. The van der Waals surface area contributed by atoms with Crippen molar-refractivity contribution in [2.75, 3.05) is 24.2 Å². The first-order valence-corrected chi connectivity index (χ1v) is 6.92. The third kappa shape index (κ3) is 2.01. The molecule has 16 heavy (non-hydrogen) atoms. The SMILES string of the molecule is CCN(CC)c1nc(SC)nc2c1CNC2. The van der Waals surface area contributed by atoms with Crippen molar-refractivity contribution in [2.45, 2.75) is 32.1 Å². The normalized spacial score (nSPS) is 13.9. The van der Waals surface area contributed by atoms with Gasteiger partial charge in [-0.1, -0.05) is 11.8 Å². The second kappa shape index (κ2) is 5.01. The molecule has 0 fully saturated rings. The summed E-state index contributed by atoms with van der Waals surface area (Å²) in [5.41, 5.74) is 2.45. The second-order valence-corrected chi connectivity index (χ2v) is 4.51. The van der Waals surface area contributed by atoms with Crippen LogP contribution in [-0.2, 0) is 13.1 Å². The van der Waals surface area contributed by atoms with Crippen molar-refractivity contribution in [1.82, 2.24) is 15.3 Å². The van der Waals surface area contributed by atoms with E-state index in [9.17, 15) is 0 Å². The number of fused-ring (bicyclic) bond motifs is 1. The quantitative estimate of drug-likeness (QED) is 0.638. The highest BCUT2D eigenvalue weighted by atomic mass is 32.2. The Morgan fingerprint density at radius 2 is 2.00 bits per heavy atom. The zero-order valence-electron chi connectivity index (χ0n) is 10.1. The van der Waals surface area contributed by atoms with Gasteiger partial charge in [-0.3, -0.25) is 0 Å². The topological polar surface area (TPSA) is 41.1 Å². The predicted molar refractivity (Wildman–Crippen MR) is 67.9 cm³/mol. The summed E-state index contributed by atoms with van der Waals surface area (Å²) in [6, 6.07) is 0. The van der Waals surface area contributed by atoms with Crippen LogP contribution in [0.3, 0.4) is 0 Å². The maximum atomic E-state index is 4.64. The molecule has 0 aliphatic carbocycles. The molecule has 2 rings (SSSR count). The van der Waals surface area contributed by atoms with Crippen molar-refractivity contribution >= 4 is 17.6 Å². The van der Waals surface area contributed by atoms with E-state index in [2.05, 4.69) is 34.0 Å². The molecule has 1 aromatic heterocycles. The number of nitrogens with one attached hydrogen (secondary N) is 1. The molecule has 1 N–H and O–H groups in total. The molecule has 2 heterocycles. The third-order valence-electron chi connectivity index (χ3n) is 2.89. The molecule has 4 nitrogen and oxygen atoms in total. The van der Waals surface area contributed by atoms with E-state index in [1.54, 1.807) is 11.8 Å². The highest BCUT2D eigenvalue weighted by Crippen LogP contribution is 2.26. The molecule has 0 unspecified atom stereocenters. The van der Waals surface area contributed by atoms with Gasteiger partial charge in [0.25, 0.3) is 0 Å². The summed E-state index contributed by atoms with van der Waals surface area (Å²) in [6.45, 7) is 8.09. The van der Waals surface area contributed by atoms with Crippen molar-refractivity contribution in [2.24, 2.45) is 0 Å². The van der Waals surface area contributed by atoms with Crippen molar-refractivity contribution in [3.63, 3.8) is 0 Å². The van der Waals surface area contributed by atoms with Gasteiger partial charge in [-0.25, -0.2) is 9.97 Å². The first-order chi connectivity index (χ1) is 7.80. The molecule has 0 aromatic carbocycles. The van der Waals surface area contributed by atoms with Gasteiger partial charge in [0.1, 0.15) is 5.82 Å². The Labute approximate surface area is 101 Å². The van der Waals surface area contributed by atoms with E-state index in [1.165, 1.54) is 11.3 Å². The number of rotatable bonds is 4. The summed E-state index contributed by atoms with van der Waals surface area (Å²) in [5.74, 6) is 1.12. The molecule has 0 spiro atoms. The van der Waals surface area contributed by atoms with Crippen LogP contribution >= 0.6 is 11.8 Å². The van der Waals surface area contributed by atoms with Crippen LogP contribution in [0.4, 0.5) is 5.82 Å². The van der Waals surface area contributed by atoms with E-state index < -0.39 is 0 Å². The van der Waals surface area contributed by atoms with Gasteiger partial charge in [-0.05, 0) is 20.1 Å². The van der Waals surface area contributed by atoms with Crippen molar-refractivity contribution in [1.29, 1.82) is 0 Å². The fraction of sp³-hybridized carbons (Fsp3) is 0.636. The number of thioether (sulfide) groups is 1. The zero-order chi connectivity index (χ0) is 11.5. The molecule has 0 radical (unpaired) electrons. The van der Waals surface area contributed by atoms with E-state index in [4.69, 9.17) is 0 Å². The van der Waals surface area contributed by atoms with Gasteiger partial charge in [-0.2, -0.15) is 0 Å². The van der Waals surface area contributed by atoms with E-state index in [-0.39, 0.29) is 0 Å². The fourth-order valence-electron chi connectivity index (χ4n) is 2.00. The Kier molecular flexibility index (Phi) is 3.66. The van der Waals surface area contributed by atoms with E-state index in [1.807, 2.05) is 6.26 Å². The van der Waals surface area contributed by atoms with Gasteiger partial charge in [0.15, 0.2) is 5.16 Å². The van der Waals surface area contributed by atoms with Crippen molar-refractivity contribution in [3.8, 4) is 0 Å². The highest BCUT2D eigenvalue weighted by molar-refractivity contribution is 7.98. The van der Waals surface area contributed by atoms with Crippen LogP contribution in [0, 0.1) is 0 Å².